The van der Waals surface area contributed by atoms with Crippen molar-refractivity contribution in [3.05, 3.63) is 50.3 Å². The number of aromatic amines is 1. The number of aryl methyl sites for hydroxylation is 2. The molecule has 0 saturated carbocycles. The van der Waals surface area contributed by atoms with Crippen molar-refractivity contribution < 1.29 is 0 Å². The molecule has 0 aliphatic carbocycles. The lowest BCUT2D eigenvalue weighted by molar-refractivity contribution is 0.792. The highest BCUT2D eigenvalue weighted by molar-refractivity contribution is 5.41. The van der Waals surface area contributed by atoms with Crippen molar-refractivity contribution in [2.24, 2.45) is 7.05 Å². The van der Waals surface area contributed by atoms with Crippen LogP contribution in [0.15, 0.2) is 27.8 Å². The maximum atomic E-state index is 11.7. The van der Waals surface area contributed by atoms with E-state index in [9.17, 15) is 9.59 Å². The second-order valence-corrected chi connectivity index (χ2v) is 3.88. The van der Waals surface area contributed by atoms with E-state index in [0.29, 0.717) is 5.69 Å². The van der Waals surface area contributed by atoms with Crippen LogP contribution in [0.5, 0.6) is 0 Å². The van der Waals surface area contributed by atoms with Crippen LogP contribution in [0.25, 0.3) is 5.69 Å². The van der Waals surface area contributed by atoms with Gasteiger partial charge < -0.3 is 0 Å². The Balaban J connectivity index is 2.73. The first-order chi connectivity index (χ1) is 7.50. The minimum absolute atomic E-state index is 0.364. The summed E-state index contributed by atoms with van der Waals surface area (Å²) in [6.07, 6.45) is 0. The average Bonchev–Trinajstić information content (AvgIpc) is 2.46. The molecule has 1 aromatic carbocycles. The Morgan fingerprint density at radius 2 is 1.88 bits per heavy atom. The maximum Gasteiger partial charge on any atom is 0.351 e. The first kappa shape index (κ1) is 10.5. The van der Waals surface area contributed by atoms with Gasteiger partial charge in [0.15, 0.2) is 0 Å². The van der Waals surface area contributed by atoms with E-state index in [4.69, 9.17) is 0 Å². The van der Waals surface area contributed by atoms with Crippen LogP contribution >= 0.6 is 0 Å². The van der Waals surface area contributed by atoms with E-state index in [1.165, 1.54) is 11.7 Å². The van der Waals surface area contributed by atoms with Gasteiger partial charge in [-0.25, -0.2) is 23.9 Å². The van der Waals surface area contributed by atoms with Gasteiger partial charge in [0.05, 0.1) is 5.69 Å². The van der Waals surface area contributed by atoms with E-state index in [1.807, 2.05) is 32.0 Å². The first-order valence-corrected chi connectivity index (χ1v) is 4.96. The van der Waals surface area contributed by atoms with E-state index < -0.39 is 5.69 Å². The molecule has 2 aromatic rings. The van der Waals surface area contributed by atoms with Crippen LogP contribution in [0.1, 0.15) is 11.1 Å². The molecule has 0 bridgehead atoms. The minimum atomic E-state index is -0.412. The average molecular weight is 219 g/mol. The fraction of sp³-hybridized carbons (Fsp3) is 0.273. The molecular weight excluding hydrogens is 206 g/mol. The van der Waals surface area contributed by atoms with Gasteiger partial charge in [0.25, 0.3) is 0 Å². The second kappa shape index (κ2) is 3.52. The molecule has 16 heavy (non-hydrogen) atoms. The third kappa shape index (κ3) is 1.50. The first-order valence-electron chi connectivity index (χ1n) is 4.96. The fourth-order valence-electron chi connectivity index (χ4n) is 1.67. The Hall–Kier alpha value is -2.04. The van der Waals surface area contributed by atoms with Gasteiger partial charge in [-0.15, -0.1) is 0 Å². The molecule has 2 rings (SSSR count). The van der Waals surface area contributed by atoms with E-state index in [1.54, 1.807) is 0 Å². The van der Waals surface area contributed by atoms with Crippen LogP contribution in [0.4, 0.5) is 0 Å². The predicted molar refractivity (Wildman–Crippen MR) is 61.1 cm³/mol. The van der Waals surface area contributed by atoms with E-state index in [2.05, 4.69) is 5.10 Å². The van der Waals surface area contributed by atoms with E-state index in [-0.39, 0.29) is 5.69 Å². The summed E-state index contributed by atoms with van der Waals surface area (Å²) >= 11 is 0. The zero-order valence-electron chi connectivity index (χ0n) is 9.44. The molecule has 1 heterocycles. The summed E-state index contributed by atoms with van der Waals surface area (Å²) < 4.78 is 2.30. The Labute approximate surface area is 91.9 Å². The van der Waals surface area contributed by atoms with Crippen molar-refractivity contribution in [1.29, 1.82) is 0 Å². The Morgan fingerprint density at radius 3 is 2.38 bits per heavy atom. The van der Waals surface area contributed by atoms with Crippen LogP contribution in [0.2, 0.25) is 0 Å². The van der Waals surface area contributed by atoms with Crippen LogP contribution in [-0.4, -0.2) is 14.3 Å². The summed E-state index contributed by atoms with van der Waals surface area (Å²) in [5, 5.41) is 2.50. The summed E-state index contributed by atoms with van der Waals surface area (Å²) in [6, 6.07) is 5.69. The van der Waals surface area contributed by atoms with Crippen molar-refractivity contribution in [1.82, 2.24) is 14.3 Å². The molecule has 5 nitrogen and oxygen atoms in total. The predicted octanol–water partition coefficient (Wildman–Crippen LogP) is 0.481. The monoisotopic (exact) mass is 219 g/mol. The molecular formula is C11H13N3O2. The van der Waals surface area contributed by atoms with Gasteiger partial charge in [-0.2, -0.15) is 0 Å². The minimum Gasteiger partial charge on any atom is -0.246 e. The quantitative estimate of drug-likeness (QED) is 0.758. The summed E-state index contributed by atoms with van der Waals surface area (Å²) in [7, 11) is 1.45. The molecule has 5 heteroatoms. The van der Waals surface area contributed by atoms with Gasteiger partial charge in [0, 0.05) is 7.05 Å². The van der Waals surface area contributed by atoms with Crippen molar-refractivity contribution in [3.8, 4) is 5.69 Å². The fourth-order valence-corrected chi connectivity index (χ4v) is 1.67. The van der Waals surface area contributed by atoms with Crippen molar-refractivity contribution in [3.63, 3.8) is 0 Å². The molecule has 1 aromatic heterocycles. The van der Waals surface area contributed by atoms with Crippen molar-refractivity contribution >= 4 is 0 Å². The normalized spacial score (nSPS) is 10.7. The Morgan fingerprint density at radius 1 is 1.19 bits per heavy atom. The highest BCUT2D eigenvalue weighted by Crippen LogP contribution is 2.12. The highest BCUT2D eigenvalue weighted by Gasteiger charge is 2.08. The zero-order chi connectivity index (χ0) is 11.9. The van der Waals surface area contributed by atoms with Crippen LogP contribution in [-0.2, 0) is 7.05 Å². The maximum absolute atomic E-state index is 11.7. The van der Waals surface area contributed by atoms with E-state index >= 15 is 0 Å². The molecule has 0 saturated heterocycles. The number of rotatable bonds is 1. The largest absolute Gasteiger partial charge is 0.351 e. The van der Waals surface area contributed by atoms with Gasteiger partial charge in [-0.3, -0.25) is 0 Å². The second-order valence-electron chi connectivity index (χ2n) is 3.88. The number of nitrogens with one attached hydrogen (secondary N) is 1. The molecule has 1 N–H and O–H groups in total. The van der Waals surface area contributed by atoms with Crippen molar-refractivity contribution in [2.45, 2.75) is 13.8 Å². The molecule has 0 radical (unpaired) electrons. The van der Waals surface area contributed by atoms with Crippen LogP contribution < -0.4 is 11.4 Å². The van der Waals surface area contributed by atoms with E-state index in [0.717, 1.165) is 15.7 Å². The smallest absolute Gasteiger partial charge is 0.246 e. The number of H-pyrrole nitrogens is 1. The Kier molecular flexibility index (Phi) is 2.30. The lowest BCUT2D eigenvalue weighted by Crippen LogP contribution is -2.25. The lowest BCUT2D eigenvalue weighted by Gasteiger charge is -2.05. The number of nitrogens with zero attached hydrogens (tertiary/aromatic N) is 2. The Bertz CT molecular complexity index is 646. The highest BCUT2D eigenvalue weighted by atomic mass is 16.2. The molecule has 0 unspecified atom stereocenters. The van der Waals surface area contributed by atoms with Crippen LogP contribution in [0, 0.1) is 13.8 Å². The SMILES string of the molecule is Cc1ccc(-n2[nH]c(=O)n(C)c2=O)c(C)c1. The summed E-state index contributed by atoms with van der Waals surface area (Å²) in [5.41, 5.74) is 1.99. The summed E-state index contributed by atoms with van der Waals surface area (Å²) in [5.74, 6) is 0. The van der Waals surface area contributed by atoms with Gasteiger partial charge in [-0.05, 0) is 25.5 Å². The molecule has 84 valence electrons. The third-order valence-corrected chi connectivity index (χ3v) is 2.58. The number of hydrogen-bond acceptors (Lipinski definition) is 2. The number of benzene rings is 1. The standard InChI is InChI=1S/C11H13N3O2/c1-7-4-5-9(8(2)6-7)14-11(16)13(3)10(15)12-14/h4-6H,1-3H3,(H,12,15). The van der Waals surface area contributed by atoms with Gasteiger partial charge in [0.2, 0.25) is 0 Å². The molecule has 0 aliphatic rings. The topological polar surface area (TPSA) is 59.8 Å². The number of hydrogen-bond donors (Lipinski definition) is 1. The molecule has 0 amide bonds. The molecule has 0 aliphatic heterocycles. The molecule has 0 fully saturated rings. The summed E-state index contributed by atoms with van der Waals surface area (Å²) in [4.78, 5) is 23.0. The third-order valence-electron chi connectivity index (χ3n) is 2.58. The molecule has 0 atom stereocenters. The van der Waals surface area contributed by atoms with Crippen LogP contribution in [0.3, 0.4) is 0 Å². The van der Waals surface area contributed by atoms with Gasteiger partial charge in [0.1, 0.15) is 0 Å². The van der Waals surface area contributed by atoms with Gasteiger partial charge in [-0.1, -0.05) is 17.7 Å². The number of aromatic nitrogens is 3. The van der Waals surface area contributed by atoms with Gasteiger partial charge >= 0.3 is 11.4 Å². The molecule has 0 spiro atoms. The zero-order valence-corrected chi connectivity index (χ0v) is 9.44. The lowest BCUT2D eigenvalue weighted by atomic mass is 10.1. The summed E-state index contributed by atoms with van der Waals surface area (Å²) in [6.45, 7) is 3.88. The van der Waals surface area contributed by atoms with Crippen molar-refractivity contribution in [2.75, 3.05) is 0 Å².